The highest BCUT2D eigenvalue weighted by atomic mass is 16.6. The van der Waals surface area contributed by atoms with Gasteiger partial charge in [0, 0.05) is 13.0 Å². The second-order valence-electron chi connectivity index (χ2n) is 4.55. The number of benzene rings is 1. The van der Waals surface area contributed by atoms with Crippen LogP contribution in [0.2, 0.25) is 0 Å². The quantitative estimate of drug-likeness (QED) is 0.350. The first-order valence-electron chi connectivity index (χ1n) is 6.86. The zero-order valence-corrected chi connectivity index (χ0v) is 12.6. The highest BCUT2D eigenvalue weighted by molar-refractivity contribution is 5.88. The molecule has 1 aromatic carbocycles. The number of carbonyl (C=O) groups is 1. The molecule has 120 valence electrons. The monoisotopic (exact) mass is 317 g/mol. The second kappa shape index (κ2) is 7.26. The summed E-state index contributed by atoms with van der Waals surface area (Å²) in [6.45, 7) is 3.53. The van der Waals surface area contributed by atoms with Gasteiger partial charge in [-0.2, -0.15) is 0 Å². The molecule has 0 N–H and O–H groups in total. The van der Waals surface area contributed by atoms with Crippen LogP contribution in [-0.4, -0.2) is 17.5 Å². The van der Waals surface area contributed by atoms with E-state index in [1.165, 1.54) is 31.4 Å². The second-order valence-corrected chi connectivity index (χ2v) is 4.55. The molecule has 0 aliphatic heterocycles. The fourth-order valence-corrected chi connectivity index (χ4v) is 1.81. The van der Waals surface area contributed by atoms with Crippen LogP contribution < -0.4 is 9.47 Å². The number of nitrogens with zero attached hydrogens (tertiary/aromatic N) is 1. The molecule has 0 amide bonds. The number of allylic oxidation sites excluding steroid dienone is 1. The Morgan fingerprint density at radius 2 is 2.13 bits per heavy atom. The molecule has 2 aromatic rings. The molecular formula is C16H15NO6. The molecule has 0 radical (unpaired) electrons. The number of rotatable bonds is 6. The van der Waals surface area contributed by atoms with E-state index in [2.05, 4.69) is 0 Å². The molecule has 7 nitrogen and oxygen atoms in total. The van der Waals surface area contributed by atoms with Crippen molar-refractivity contribution in [2.75, 3.05) is 6.61 Å². The summed E-state index contributed by atoms with van der Waals surface area (Å²) in [6, 6.07) is 7.75. The molecule has 0 saturated carbocycles. The minimum Gasteiger partial charge on any atom is -0.490 e. The molecule has 7 heteroatoms. The molecule has 0 fully saturated rings. The van der Waals surface area contributed by atoms with E-state index in [0.717, 1.165) is 0 Å². The van der Waals surface area contributed by atoms with E-state index in [0.29, 0.717) is 17.9 Å². The fraction of sp³-hybridized carbons (Fsp3) is 0.188. The summed E-state index contributed by atoms with van der Waals surface area (Å²) >= 11 is 0. The van der Waals surface area contributed by atoms with Gasteiger partial charge >= 0.3 is 5.97 Å². The van der Waals surface area contributed by atoms with Crippen molar-refractivity contribution in [1.82, 2.24) is 0 Å². The van der Waals surface area contributed by atoms with E-state index in [9.17, 15) is 14.9 Å². The molecule has 0 unspecified atom stereocenters. The zero-order chi connectivity index (χ0) is 16.8. The Hall–Kier alpha value is -3.09. The predicted molar refractivity (Wildman–Crippen MR) is 81.9 cm³/mol. The van der Waals surface area contributed by atoms with Gasteiger partial charge < -0.3 is 13.9 Å². The Balaban J connectivity index is 2.27. The Kier molecular flexibility index (Phi) is 5.14. The van der Waals surface area contributed by atoms with E-state index in [-0.39, 0.29) is 17.2 Å². The van der Waals surface area contributed by atoms with Gasteiger partial charge in [-0.25, -0.2) is 4.79 Å². The third kappa shape index (κ3) is 4.19. The largest absolute Gasteiger partial charge is 0.490 e. The van der Waals surface area contributed by atoms with Crippen LogP contribution in [-0.2, 0) is 0 Å². The molecule has 1 heterocycles. The first-order valence-corrected chi connectivity index (χ1v) is 6.86. The Bertz CT molecular complexity index is 733. The van der Waals surface area contributed by atoms with Crippen molar-refractivity contribution >= 4 is 12.0 Å². The minimum absolute atomic E-state index is 0.00669. The number of esters is 1. The number of hydrogen-bond donors (Lipinski definition) is 0. The minimum atomic E-state index is -0.652. The highest BCUT2D eigenvalue weighted by Crippen LogP contribution is 2.30. The molecule has 0 saturated heterocycles. The Labute approximate surface area is 132 Å². The van der Waals surface area contributed by atoms with Crippen LogP contribution >= 0.6 is 0 Å². The molecule has 2 rings (SSSR count). The topological polar surface area (TPSA) is 91.8 Å². The molecule has 0 aliphatic rings. The molecular weight excluding hydrogens is 302 g/mol. The van der Waals surface area contributed by atoms with Crippen LogP contribution in [0.3, 0.4) is 0 Å². The van der Waals surface area contributed by atoms with E-state index >= 15 is 0 Å². The average Bonchev–Trinajstić information content (AvgIpc) is 3.04. The lowest BCUT2D eigenvalue weighted by molar-refractivity contribution is -0.422. The van der Waals surface area contributed by atoms with Gasteiger partial charge in [0.05, 0.1) is 17.8 Å². The van der Waals surface area contributed by atoms with Gasteiger partial charge in [-0.05, 0) is 36.8 Å². The third-order valence-corrected chi connectivity index (χ3v) is 2.86. The van der Waals surface area contributed by atoms with Crippen molar-refractivity contribution in [1.29, 1.82) is 0 Å². The number of furan rings is 1. The van der Waals surface area contributed by atoms with Crippen molar-refractivity contribution in [2.24, 2.45) is 0 Å². The summed E-state index contributed by atoms with van der Waals surface area (Å²) in [5.74, 6) is -0.0530. The van der Waals surface area contributed by atoms with Crippen LogP contribution in [0.4, 0.5) is 0 Å². The number of carbonyl (C=O) groups excluding carboxylic acids is 1. The van der Waals surface area contributed by atoms with Crippen LogP contribution in [0, 0.1) is 10.1 Å². The van der Waals surface area contributed by atoms with Gasteiger partial charge in [0.25, 0.3) is 0 Å². The Morgan fingerprint density at radius 3 is 2.74 bits per heavy atom. The van der Waals surface area contributed by atoms with Crippen LogP contribution in [0.5, 0.6) is 11.5 Å². The summed E-state index contributed by atoms with van der Waals surface area (Å²) in [6.07, 6.45) is 2.77. The lowest BCUT2D eigenvalue weighted by Crippen LogP contribution is -2.08. The number of nitro groups is 1. The van der Waals surface area contributed by atoms with E-state index in [1.54, 1.807) is 25.1 Å². The Morgan fingerprint density at radius 1 is 1.35 bits per heavy atom. The zero-order valence-electron chi connectivity index (χ0n) is 12.6. The summed E-state index contributed by atoms with van der Waals surface area (Å²) in [7, 11) is 0. The summed E-state index contributed by atoms with van der Waals surface area (Å²) in [5, 5.41) is 10.7. The van der Waals surface area contributed by atoms with E-state index in [4.69, 9.17) is 13.9 Å². The van der Waals surface area contributed by atoms with Crippen LogP contribution in [0.1, 0.15) is 30.0 Å². The van der Waals surface area contributed by atoms with Crippen LogP contribution in [0.25, 0.3) is 6.08 Å². The first-order chi connectivity index (χ1) is 11.0. The lowest BCUT2D eigenvalue weighted by atomic mass is 10.1. The maximum Gasteiger partial charge on any atom is 0.379 e. The lowest BCUT2D eigenvalue weighted by Gasteiger charge is -2.10. The van der Waals surface area contributed by atoms with E-state index in [1.807, 2.05) is 0 Å². The van der Waals surface area contributed by atoms with Gasteiger partial charge in [-0.15, -0.1) is 0 Å². The van der Waals surface area contributed by atoms with Crippen molar-refractivity contribution in [3.63, 3.8) is 0 Å². The first kappa shape index (κ1) is 16.3. The SMILES string of the molecule is CCOc1cc(/C=C(/C)[N+](=O)[O-])ccc1OC(=O)c1ccco1. The van der Waals surface area contributed by atoms with Gasteiger partial charge in [0.1, 0.15) is 0 Å². The predicted octanol–water partition coefficient (Wildman–Crippen LogP) is 3.54. The molecule has 23 heavy (non-hydrogen) atoms. The van der Waals surface area contributed by atoms with Gasteiger partial charge in [0.2, 0.25) is 11.5 Å². The van der Waals surface area contributed by atoms with Gasteiger partial charge in [-0.1, -0.05) is 6.07 Å². The smallest absolute Gasteiger partial charge is 0.379 e. The van der Waals surface area contributed by atoms with E-state index < -0.39 is 10.9 Å². The highest BCUT2D eigenvalue weighted by Gasteiger charge is 2.15. The molecule has 0 spiro atoms. The van der Waals surface area contributed by atoms with Gasteiger partial charge in [0.15, 0.2) is 11.5 Å². The number of ether oxygens (including phenoxy) is 2. The third-order valence-electron chi connectivity index (χ3n) is 2.86. The maximum atomic E-state index is 11.9. The normalized spacial score (nSPS) is 11.1. The molecule has 0 aliphatic carbocycles. The maximum absolute atomic E-state index is 11.9. The summed E-state index contributed by atoms with van der Waals surface area (Å²) < 4.78 is 15.6. The van der Waals surface area contributed by atoms with Crippen molar-refractivity contribution in [3.8, 4) is 11.5 Å². The van der Waals surface area contributed by atoms with Crippen molar-refractivity contribution in [2.45, 2.75) is 13.8 Å². The van der Waals surface area contributed by atoms with Crippen molar-refractivity contribution < 1.29 is 23.6 Å². The van der Waals surface area contributed by atoms with Crippen molar-refractivity contribution in [3.05, 3.63) is 63.7 Å². The fourth-order valence-electron chi connectivity index (χ4n) is 1.81. The number of hydrogen-bond acceptors (Lipinski definition) is 6. The summed E-state index contributed by atoms with van der Waals surface area (Å²) in [5.41, 5.74) is 0.563. The molecule has 0 atom stereocenters. The standard InChI is InChI=1S/C16H15NO6/c1-3-21-15-10-12(9-11(2)17(19)20)6-7-13(15)23-16(18)14-5-4-8-22-14/h4-10H,3H2,1-2H3/b11-9-. The summed E-state index contributed by atoms with van der Waals surface area (Å²) in [4.78, 5) is 22.1. The van der Waals surface area contributed by atoms with Crippen LogP contribution in [0.15, 0.2) is 46.7 Å². The van der Waals surface area contributed by atoms with Gasteiger partial charge in [-0.3, -0.25) is 10.1 Å². The molecule has 0 bridgehead atoms. The average molecular weight is 317 g/mol. The molecule has 1 aromatic heterocycles.